The quantitative estimate of drug-likeness (QED) is 0.502. The number of aliphatic hydroxyl groups is 1. The fourth-order valence-corrected chi connectivity index (χ4v) is 2.72. The molecule has 0 aliphatic rings. The summed E-state index contributed by atoms with van der Waals surface area (Å²) >= 11 is 11.9. The Labute approximate surface area is 165 Å². The lowest BCUT2D eigenvalue weighted by atomic mass is 10.3. The highest BCUT2D eigenvalue weighted by Gasteiger charge is 2.22. The summed E-state index contributed by atoms with van der Waals surface area (Å²) in [5.41, 5.74) is 0.402. The minimum atomic E-state index is -0.987. The molecular weight excluding hydrogens is 399 g/mol. The van der Waals surface area contributed by atoms with E-state index in [4.69, 9.17) is 27.9 Å². The summed E-state index contributed by atoms with van der Waals surface area (Å²) in [5, 5.41) is 28.0. The van der Waals surface area contributed by atoms with Crippen LogP contribution in [0.2, 0.25) is 10.0 Å². The van der Waals surface area contributed by atoms with Gasteiger partial charge in [-0.05, 0) is 26.0 Å². The second-order valence-corrected chi connectivity index (χ2v) is 6.54. The van der Waals surface area contributed by atoms with Crippen LogP contribution in [0.4, 0.5) is 5.69 Å². The van der Waals surface area contributed by atoms with Gasteiger partial charge in [-0.1, -0.05) is 29.3 Å². The maximum atomic E-state index is 12.0. The van der Waals surface area contributed by atoms with E-state index in [-0.39, 0.29) is 41.8 Å². The first-order valence-corrected chi connectivity index (χ1v) is 8.66. The number of aryl methyl sites for hydroxylation is 1. The topological polar surface area (TPSA) is 120 Å². The maximum absolute atomic E-state index is 12.0. The van der Waals surface area contributed by atoms with Gasteiger partial charge in [0.25, 0.3) is 0 Å². The SMILES string of the molecule is Cc1nn(CC(=O)NCC(O)COc2cccc(Cl)c2Cl)c(C)c1[N+](=O)[O-]. The number of nitrogens with one attached hydrogen (secondary N) is 1. The minimum Gasteiger partial charge on any atom is -0.489 e. The molecule has 0 saturated carbocycles. The molecule has 0 fully saturated rings. The molecule has 0 spiro atoms. The molecule has 9 nitrogen and oxygen atoms in total. The number of benzene rings is 1. The van der Waals surface area contributed by atoms with Crippen molar-refractivity contribution >= 4 is 34.8 Å². The predicted molar refractivity (Wildman–Crippen MR) is 99.3 cm³/mol. The smallest absolute Gasteiger partial charge is 0.312 e. The number of aliphatic hydroxyl groups excluding tert-OH is 1. The van der Waals surface area contributed by atoms with Crippen molar-refractivity contribution in [3.8, 4) is 5.75 Å². The molecule has 1 atom stereocenters. The third kappa shape index (κ3) is 5.31. The van der Waals surface area contributed by atoms with Crippen LogP contribution in [-0.4, -0.2) is 45.0 Å². The number of ether oxygens (including phenoxy) is 1. The first-order chi connectivity index (χ1) is 12.7. The number of carbonyl (C=O) groups excluding carboxylic acids is 1. The van der Waals surface area contributed by atoms with Gasteiger partial charge in [0.05, 0.1) is 9.95 Å². The van der Waals surface area contributed by atoms with Crippen molar-refractivity contribution in [2.45, 2.75) is 26.5 Å². The summed E-state index contributed by atoms with van der Waals surface area (Å²) in [6.07, 6.45) is -0.987. The molecular formula is C16H18Cl2N4O5. The number of amides is 1. The van der Waals surface area contributed by atoms with Crippen molar-refractivity contribution < 1.29 is 19.6 Å². The van der Waals surface area contributed by atoms with Crippen molar-refractivity contribution in [1.29, 1.82) is 0 Å². The fraction of sp³-hybridized carbons (Fsp3) is 0.375. The van der Waals surface area contributed by atoms with Crippen LogP contribution in [0.15, 0.2) is 18.2 Å². The Morgan fingerprint density at radius 3 is 2.78 bits per heavy atom. The van der Waals surface area contributed by atoms with Gasteiger partial charge in [0, 0.05) is 6.54 Å². The molecule has 146 valence electrons. The van der Waals surface area contributed by atoms with Gasteiger partial charge in [0.15, 0.2) is 0 Å². The van der Waals surface area contributed by atoms with Crippen molar-refractivity contribution in [2.24, 2.45) is 0 Å². The van der Waals surface area contributed by atoms with Gasteiger partial charge in [0.1, 0.15) is 41.4 Å². The van der Waals surface area contributed by atoms with Gasteiger partial charge in [-0.3, -0.25) is 19.6 Å². The minimum absolute atomic E-state index is 0.0710. The third-order valence-electron chi connectivity index (χ3n) is 3.70. The molecule has 1 heterocycles. The van der Waals surface area contributed by atoms with E-state index < -0.39 is 16.9 Å². The van der Waals surface area contributed by atoms with Crippen LogP contribution in [0, 0.1) is 24.0 Å². The lowest BCUT2D eigenvalue weighted by Crippen LogP contribution is -2.37. The second kappa shape index (κ2) is 9.03. The molecule has 1 aromatic heterocycles. The summed E-state index contributed by atoms with van der Waals surface area (Å²) < 4.78 is 6.63. The molecule has 1 amide bonds. The van der Waals surface area contributed by atoms with Crippen LogP contribution >= 0.6 is 23.2 Å². The molecule has 27 heavy (non-hydrogen) atoms. The van der Waals surface area contributed by atoms with Crippen molar-refractivity contribution in [3.05, 3.63) is 49.7 Å². The Morgan fingerprint density at radius 2 is 2.15 bits per heavy atom. The Kier molecular flexibility index (Phi) is 7.00. The third-order valence-corrected chi connectivity index (χ3v) is 4.50. The zero-order chi connectivity index (χ0) is 20.1. The summed E-state index contributed by atoms with van der Waals surface area (Å²) in [5.74, 6) is -0.125. The average Bonchev–Trinajstić information content (AvgIpc) is 2.88. The van der Waals surface area contributed by atoms with Crippen molar-refractivity contribution in [1.82, 2.24) is 15.1 Å². The van der Waals surface area contributed by atoms with Crippen LogP contribution in [0.3, 0.4) is 0 Å². The van der Waals surface area contributed by atoms with Gasteiger partial charge in [-0.2, -0.15) is 5.10 Å². The average molecular weight is 417 g/mol. The monoisotopic (exact) mass is 416 g/mol. The molecule has 1 unspecified atom stereocenters. The predicted octanol–water partition coefficient (Wildman–Crippen LogP) is 2.27. The largest absolute Gasteiger partial charge is 0.489 e. The van der Waals surface area contributed by atoms with E-state index in [2.05, 4.69) is 10.4 Å². The second-order valence-electron chi connectivity index (χ2n) is 5.76. The van der Waals surface area contributed by atoms with Gasteiger partial charge in [-0.25, -0.2) is 0 Å². The standard InChI is InChI=1S/C16H18Cl2N4O5/c1-9-16(22(25)26)10(2)21(20-9)7-14(24)19-6-11(23)8-27-13-5-3-4-12(17)15(13)18/h3-5,11,23H,6-8H2,1-2H3,(H,19,24). The Morgan fingerprint density at radius 1 is 1.44 bits per heavy atom. The Bertz CT molecular complexity index is 856. The number of nitro groups is 1. The van der Waals surface area contributed by atoms with E-state index in [0.717, 1.165) is 0 Å². The first-order valence-electron chi connectivity index (χ1n) is 7.90. The van der Waals surface area contributed by atoms with E-state index in [1.165, 1.54) is 18.5 Å². The number of nitrogens with zero attached hydrogens (tertiary/aromatic N) is 3. The number of hydrogen-bond acceptors (Lipinski definition) is 6. The fourth-order valence-electron chi connectivity index (χ4n) is 2.37. The van der Waals surface area contributed by atoms with Crippen molar-refractivity contribution in [2.75, 3.05) is 13.2 Å². The molecule has 0 saturated heterocycles. The molecule has 2 N–H and O–H groups in total. The number of hydrogen-bond donors (Lipinski definition) is 2. The summed E-state index contributed by atoms with van der Waals surface area (Å²) in [6.45, 7) is 2.64. The van der Waals surface area contributed by atoms with E-state index in [1.54, 1.807) is 18.2 Å². The summed E-state index contributed by atoms with van der Waals surface area (Å²) in [6, 6.07) is 4.87. The van der Waals surface area contributed by atoms with Gasteiger partial charge >= 0.3 is 5.69 Å². The van der Waals surface area contributed by atoms with Crippen LogP contribution in [0.5, 0.6) is 5.75 Å². The molecule has 0 aliphatic heterocycles. The normalized spacial score (nSPS) is 11.9. The first kappa shape index (κ1) is 20.9. The number of halogens is 2. The summed E-state index contributed by atoms with van der Waals surface area (Å²) in [4.78, 5) is 22.4. The molecule has 2 aromatic rings. The lowest BCUT2D eigenvalue weighted by molar-refractivity contribution is -0.386. The Hall–Kier alpha value is -2.36. The van der Waals surface area contributed by atoms with Crippen LogP contribution in [-0.2, 0) is 11.3 Å². The lowest BCUT2D eigenvalue weighted by Gasteiger charge is -2.14. The molecule has 0 aliphatic carbocycles. The van der Waals surface area contributed by atoms with Gasteiger partial charge < -0.3 is 15.2 Å². The summed E-state index contributed by atoms with van der Waals surface area (Å²) in [7, 11) is 0. The number of carbonyl (C=O) groups is 1. The zero-order valence-corrected chi connectivity index (χ0v) is 16.1. The van der Waals surface area contributed by atoms with E-state index >= 15 is 0 Å². The molecule has 11 heteroatoms. The highest BCUT2D eigenvalue weighted by molar-refractivity contribution is 6.42. The molecule has 2 rings (SSSR count). The van der Waals surface area contributed by atoms with Crippen molar-refractivity contribution in [3.63, 3.8) is 0 Å². The van der Waals surface area contributed by atoms with E-state index in [9.17, 15) is 20.0 Å². The van der Waals surface area contributed by atoms with E-state index in [0.29, 0.717) is 10.8 Å². The highest BCUT2D eigenvalue weighted by atomic mass is 35.5. The van der Waals surface area contributed by atoms with Crippen LogP contribution in [0.25, 0.3) is 0 Å². The number of aromatic nitrogens is 2. The van der Waals surface area contributed by atoms with E-state index in [1.807, 2.05) is 0 Å². The zero-order valence-electron chi connectivity index (χ0n) is 14.6. The number of rotatable bonds is 8. The van der Waals surface area contributed by atoms with Gasteiger partial charge in [0.2, 0.25) is 5.91 Å². The Balaban J connectivity index is 1.84. The van der Waals surface area contributed by atoms with Crippen LogP contribution < -0.4 is 10.1 Å². The van der Waals surface area contributed by atoms with Gasteiger partial charge in [-0.15, -0.1) is 0 Å². The maximum Gasteiger partial charge on any atom is 0.312 e. The highest BCUT2D eigenvalue weighted by Crippen LogP contribution is 2.31. The van der Waals surface area contributed by atoms with Crippen LogP contribution in [0.1, 0.15) is 11.4 Å². The molecule has 0 bridgehead atoms. The molecule has 0 radical (unpaired) electrons. The molecule has 1 aromatic carbocycles.